The van der Waals surface area contributed by atoms with Crippen molar-refractivity contribution in [3.05, 3.63) is 18.1 Å². The monoisotopic (exact) mass is 260 g/mol. The largest absolute Gasteiger partial charge is 0.476 e. The predicted molar refractivity (Wildman–Crippen MR) is 60.3 cm³/mol. The molecular formula is C8H12N4O4S. The van der Waals surface area contributed by atoms with Gasteiger partial charge in [0.15, 0.2) is 5.69 Å². The summed E-state index contributed by atoms with van der Waals surface area (Å²) in [6.45, 7) is 0.112. The summed E-state index contributed by atoms with van der Waals surface area (Å²) in [5.74, 6) is -1.11. The molecule has 0 aliphatic carbocycles. The van der Waals surface area contributed by atoms with E-state index in [4.69, 9.17) is 5.11 Å². The summed E-state index contributed by atoms with van der Waals surface area (Å²) in [4.78, 5) is 18.0. The first-order chi connectivity index (χ1) is 7.94. The maximum atomic E-state index is 11.1. The van der Waals surface area contributed by atoms with E-state index in [0.29, 0.717) is 0 Å². The van der Waals surface area contributed by atoms with Crippen LogP contribution in [0.4, 0.5) is 5.82 Å². The summed E-state index contributed by atoms with van der Waals surface area (Å²) in [5.41, 5.74) is -0.202. The summed E-state index contributed by atoms with van der Waals surface area (Å²) >= 11 is 0. The van der Waals surface area contributed by atoms with Gasteiger partial charge in [-0.25, -0.2) is 22.9 Å². The van der Waals surface area contributed by atoms with E-state index in [9.17, 15) is 13.2 Å². The number of aromatic nitrogens is 2. The molecule has 0 saturated carbocycles. The fourth-order valence-electron chi connectivity index (χ4n) is 0.970. The molecule has 0 bridgehead atoms. The number of aromatic carboxylic acids is 1. The summed E-state index contributed by atoms with van der Waals surface area (Å²) in [7, 11) is -1.97. The lowest BCUT2D eigenvalue weighted by atomic mass is 10.4. The number of nitrogens with zero attached hydrogens (tertiary/aromatic N) is 2. The van der Waals surface area contributed by atoms with Gasteiger partial charge in [-0.2, -0.15) is 0 Å². The Bertz CT molecular complexity index is 502. The van der Waals surface area contributed by atoms with Gasteiger partial charge in [-0.1, -0.05) is 0 Å². The molecule has 0 fully saturated rings. The van der Waals surface area contributed by atoms with Gasteiger partial charge in [0, 0.05) is 6.54 Å². The van der Waals surface area contributed by atoms with E-state index in [0.717, 1.165) is 6.20 Å². The standard InChI is InChI=1S/C8H12N4O4S/c1-9-17(15,16)3-2-11-7-5-10-4-6(12-7)8(13)14/h4-5,9H,2-3H2,1H3,(H,11,12)(H,13,14). The summed E-state index contributed by atoms with van der Waals surface area (Å²) in [5, 5.41) is 11.3. The summed E-state index contributed by atoms with van der Waals surface area (Å²) < 4.78 is 24.3. The van der Waals surface area contributed by atoms with Crippen molar-refractivity contribution in [3.63, 3.8) is 0 Å². The molecule has 0 amide bonds. The highest BCUT2D eigenvalue weighted by Crippen LogP contribution is 2.01. The SMILES string of the molecule is CNS(=O)(=O)CCNc1cncc(C(=O)O)n1. The molecule has 0 spiro atoms. The van der Waals surface area contributed by atoms with Crippen molar-refractivity contribution in [1.29, 1.82) is 0 Å². The smallest absolute Gasteiger partial charge is 0.356 e. The van der Waals surface area contributed by atoms with Crippen LogP contribution in [0.3, 0.4) is 0 Å². The van der Waals surface area contributed by atoms with Gasteiger partial charge in [-0.3, -0.25) is 4.98 Å². The number of carboxylic acids is 1. The molecule has 0 radical (unpaired) electrons. The highest BCUT2D eigenvalue weighted by atomic mass is 32.2. The fraction of sp³-hybridized carbons (Fsp3) is 0.375. The molecule has 94 valence electrons. The summed E-state index contributed by atoms with van der Waals surface area (Å²) in [6, 6.07) is 0. The fourth-order valence-corrected chi connectivity index (χ4v) is 1.54. The Labute approximate surface area is 98.1 Å². The van der Waals surface area contributed by atoms with Crippen LogP contribution >= 0.6 is 0 Å². The van der Waals surface area contributed by atoms with E-state index in [2.05, 4.69) is 20.0 Å². The van der Waals surface area contributed by atoms with Crippen LogP contribution < -0.4 is 10.0 Å². The van der Waals surface area contributed by atoms with E-state index in [1.165, 1.54) is 13.2 Å². The first-order valence-corrected chi connectivity index (χ1v) is 6.30. The Hall–Kier alpha value is -1.74. The maximum absolute atomic E-state index is 11.1. The minimum atomic E-state index is -3.29. The zero-order valence-electron chi connectivity index (χ0n) is 9.04. The number of carboxylic acid groups (broad SMARTS) is 1. The quantitative estimate of drug-likeness (QED) is 0.608. The maximum Gasteiger partial charge on any atom is 0.356 e. The summed E-state index contributed by atoms with van der Waals surface area (Å²) in [6.07, 6.45) is 2.43. The van der Waals surface area contributed by atoms with E-state index < -0.39 is 16.0 Å². The van der Waals surface area contributed by atoms with Crippen molar-refractivity contribution in [2.45, 2.75) is 0 Å². The Kier molecular flexibility index (Phi) is 4.35. The van der Waals surface area contributed by atoms with E-state index in [1.807, 2.05) is 0 Å². The molecule has 0 unspecified atom stereocenters. The number of hydrogen-bond donors (Lipinski definition) is 3. The Balaban J connectivity index is 2.58. The van der Waals surface area contributed by atoms with Crippen LogP contribution in [0, 0.1) is 0 Å². The second-order valence-corrected chi connectivity index (χ2v) is 5.09. The molecule has 3 N–H and O–H groups in total. The van der Waals surface area contributed by atoms with Crippen molar-refractivity contribution in [1.82, 2.24) is 14.7 Å². The molecule has 0 aliphatic heterocycles. The van der Waals surface area contributed by atoms with E-state index >= 15 is 0 Å². The molecule has 1 aromatic heterocycles. The minimum absolute atomic E-state index is 0.112. The van der Waals surface area contributed by atoms with Gasteiger partial charge in [0.1, 0.15) is 5.82 Å². The van der Waals surface area contributed by atoms with Gasteiger partial charge in [0.25, 0.3) is 0 Å². The van der Waals surface area contributed by atoms with E-state index in [-0.39, 0.29) is 23.8 Å². The molecular weight excluding hydrogens is 248 g/mol. The third kappa shape index (κ3) is 4.33. The Morgan fingerprint density at radius 2 is 2.18 bits per heavy atom. The van der Waals surface area contributed by atoms with Crippen molar-refractivity contribution < 1.29 is 18.3 Å². The van der Waals surface area contributed by atoms with Gasteiger partial charge < -0.3 is 10.4 Å². The van der Waals surface area contributed by atoms with Crippen molar-refractivity contribution >= 4 is 21.8 Å². The molecule has 0 atom stereocenters. The van der Waals surface area contributed by atoms with Gasteiger partial charge in [-0.15, -0.1) is 0 Å². The van der Waals surface area contributed by atoms with Crippen LogP contribution in [0.2, 0.25) is 0 Å². The first kappa shape index (κ1) is 13.3. The van der Waals surface area contributed by atoms with Crippen LogP contribution in [0.1, 0.15) is 10.5 Å². The molecule has 9 heteroatoms. The third-order valence-corrected chi connectivity index (χ3v) is 3.21. The average Bonchev–Trinajstić information content (AvgIpc) is 2.29. The van der Waals surface area contributed by atoms with E-state index in [1.54, 1.807) is 0 Å². The van der Waals surface area contributed by atoms with Gasteiger partial charge in [-0.05, 0) is 7.05 Å². The molecule has 8 nitrogen and oxygen atoms in total. The van der Waals surface area contributed by atoms with Crippen LogP contribution in [0.15, 0.2) is 12.4 Å². The molecule has 1 aromatic rings. The second kappa shape index (κ2) is 5.55. The normalized spacial score (nSPS) is 11.1. The van der Waals surface area contributed by atoms with Crippen LogP contribution in [0.5, 0.6) is 0 Å². The number of rotatable bonds is 6. The predicted octanol–water partition coefficient (Wildman–Crippen LogP) is -0.864. The van der Waals surface area contributed by atoms with Gasteiger partial charge in [0.2, 0.25) is 10.0 Å². The lowest BCUT2D eigenvalue weighted by molar-refractivity contribution is 0.0690. The van der Waals surface area contributed by atoms with Crippen molar-refractivity contribution in [2.24, 2.45) is 0 Å². The van der Waals surface area contributed by atoms with Gasteiger partial charge in [0.05, 0.1) is 18.1 Å². The second-order valence-electron chi connectivity index (χ2n) is 3.04. The van der Waals surface area contributed by atoms with Crippen molar-refractivity contribution in [2.75, 3.05) is 24.7 Å². The minimum Gasteiger partial charge on any atom is -0.476 e. The molecule has 1 rings (SSSR count). The number of sulfonamides is 1. The first-order valence-electron chi connectivity index (χ1n) is 4.65. The lowest BCUT2D eigenvalue weighted by Gasteiger charge is -2.05. The van der Waals surface area contributed by atoms with Crippen LogP contribution in [-0.4, -0.2) is 48.8 Å². The molecule has 0 aromatic carbocycles. The third-order valence-electron chi connectivity index (χ3n) is 1.84. The lowest BCUT2D eigenvalue weighted by Crippen LogP contribution is -2.26. The molecule has 0 aliphatic rings. The molecule has 17 heavy (non-hydrogen) atoms. The number of anilines is 1. The highest BCUT2D eigenvalue weighted by Gasteiger charge is 2.08. The van der Waals surface area contributed by atoms with Crippen LogP contribution in [0.25, 0.3) is 0 Å². The topological polar surface area (TPSA) is 121 Å². The number of carbonyl (C=O) groups is 1. The number of hydrogen-bond acceptors (Lipinski definition) is 6. The zero-order valence-corrected chi connectivity index (χ0v) is 9.86. The highest BCUT2D eigenvalue weighted by molar-refractivity contribution is 7.89. The average molecular weight is 260 g/mol. The van der Waals surface area contributed by atoms with Crippen LogP contribution in [-0.2, 0) is 10.0 Å². The van der Waals surface area contributed by atoms with Gasteiger partial charge >= 0.3 is 5.97 Å². The van der Waals surface area contributed by atoms with Crippen molar-refractivity contribution in [3.8, 4) is 0 Å². The number of nitrogens with one attached hydrogen (secondary N) is 2. The Morgan fingerprint density at radius 1 is 1.47 bits per heavy atom. The molecule has 1 heterocycles. The Morgan fingerprint density at radius 3 is 2.76 bits per heavy atom. The molecule has 0 saturated heterocycles. The zero-order chi connectivity index (χ0) is 12.9.